The number of rotatable bonds is 5. The summed E-state index contributed by atoms with van der Waals surface area (Å²) >= 11 is 1.60. The highest BCUT2D eigenvalue weighted by Gasteiger charge is 2.29. The molecular formula is C21H25N7OS. The zero-order valence-corrected chi connectivity index (χ0v) is 18.2. The van der Waals surface area contributed by atoms with Crippen LogP contribution >= 0.6 is 11.3 Å². The van der Waals surface area contributed by atoms with E-state index in [1.165, 1.54) is 4.88 Å². The van der Waals surface area contributed by atoms with Gasteiger partial charge in [0.2, 0.25) is 5.91 Å². The fraction of sp³-hybridized carbons (Fsp3) is 0.381. The maximum absolute atomic E-state index is 12.9. The predicted octanol–water partition coefficient (Wildman–Crippen LogP) is 4.09. The molecule has 1 aliphatic heterocycles. The summed E-state index contributed by atoms with van der Waals surface area (Å²) in [6.45, 7) is 6.69. The zero-order valence-electron chi connectivity index (χ0n) is 17.3. The van der Waals surface area contributed by atoms with Crippen LogP contribution in [0, 0.1) is 20.8 Å². The molecule has 0 unspecified atom stereocenters. The molecule has 3 aromatic rings. The number of carbonyl (C=O) groups excluding carboxylic acids is 1. The Labute approximate surface area is 179 Å². The van der Waals surface area contributed by atoms with E-state index in [1.54, 1.807) is 36.0 Å². The van der Waals surface area contributed by atoms with E-state index in [4.69, 9.17) is 4.98 Å². The monoisotopic (exact) mass is 423 g/mol. The van der Waals surface area contributed by atoms with E-state index in [9.17, 15) is 4.79 Å². The molecule has 30 heavy (non-hydrogen) atoms. The fourth-order valence-electron chi connectivity index (χ4n) is 3.52. The summed E-state index contributed by atoms with van der Waals surface area (Å²) in [7, 11) is 0. The number of aromatic nitrogens is 5. The highest BCUT2D eigenvalue weighted by Crippen LogP contribution is 2.31. The summed E-state index contributed by atoms with van der Waals surface area (Å²) in [5.41, 5.74) is 2.67. The molecule has 0 saturated carbocycles. The Hall–Kier alpha value is -3.07. The summed E-state index contributed by atoms with van der Waals surface area (Å²) in [6.07, 6.45) is 9.48. The summed E-state index contributed by atoms with van der Waals surface area (Å²) in [6, 6.07) is 1.76. The van der Waals surface area contributed by atoms with Crippen LogP contribution in [0.15, 0.2) is 24.7 Å². The van der Waals surface area contributed by atoms with Gasteiger partial charge in [-0.2, -0.15) is 0 Å². The van der Waals surface area contributed by atoms with Crippen molar-refractivity contribution in [1.82, 2.24) is 29.8 Å². The van der Waals surface area contributed by atoms with Gasteiger partial charge >= 0.3 is 0 Å². The second-order valence-electron chi connectivity index (χ2n) is 7.42. The van der Waals surface area contributed by atoms with E-state index in [1.807, 2.05) is 24.8 Å². The molecular weight excluding hydrogens is 398 g/mol. The van der Waals surface area contributed by atoms with Gasteiger partial charge in [0, 0.05) is 29.3 Å². The lowest BCUT2D eigenvalue weighted by atomic mass is 10.0. The molecule has 0 aliphatic carbocycles. The van der Waals surface area contributed by atoms with E-state index in [-0.39, 0.29) is 11.9 Å². The lowest BCUT2D eigenvalue weighted by molar-refractivity contribution is -0.129. The molecule has 8 nitrogen and oxygen atoms in total. The van der Waals surface area contributed by atoms with Crippen LogP contribution in [0.1, 0.15) is 53.1 Å². The van der Waals surface area contributed by atoms with Gasteiger partial charge in [-0.15, -0.1) is 11.3 Å². The molecule has 1 saturated heterocycles. The second kappa shape index (κ2) is 8.74. The predicted molar refractivity (Wildman–Crippen MR) is 118 cm³/mol. The average molecular weight is 424 g/mol. The third-order valence-corrected chi connectivity index (χ3v) is 6.13. The van der Waals surface area contributed by atoms with Crippen LogP contribution in [0.4, 0.5) is 10.9 Å². The number of piperidine rings is 1. The Balaban J connectivity index is 1.57. The third kappa shape index (κ3) is 4.56. The van der Waals surface area contributed by atoms with Crippen LogP contribution < -0.4 is 5.32 Å². The number of amides is 1. The number of likely N-dealkylation sites (tertiary alicyclic amines) is 1. The number of hydrogen-bond donors (Lipinski definition) is 2. The largest absolute Gasteiger partial charge is 0.345 e. The summed E-state index contributed by atoms with van der Waals surface area (Å²) in [4.78, 5) is 36.8. The minimum absolute atomic E-state index is 0.0416. The van der Waals surface area contributed by atoms with Crippen LogP contribution in [0.2, 0.25) is 0 Å². The van der Waals surface area contributed by atoms with Crippen LogP contribution in [0.5, 0.6) is 0 Å². The van der Waals surface area contributed by atoms with E-state index in [2.05, 4.69) is 32.2 Å². The van der Waals surface area contributed by atoms with Crippen LogP contribution in [-0.4, -0.2) is 42.3 Å². The molecule has 0 spiro atoms. The first kappa shape index (κ1) is 20.2. The first-order chi connectivity index (χ1) is 14.5. The molecule has 1 fully saturated rings. The first-order valence-corrected chi connectivity index (χ1v) is 10.8. The summed E-state index contributed by atoms with van der Waals surface area (Å²) in [5.74, 6) is 1.34. The standard InChI is InChI=1S/C21H25N7OS/c1-13-10-18(27-21-25-14(2)15(3)30-21)26-20(24-13)17-6-4-5-9-28(17)19(29)8-7-16-11-22-12-23-16/h7-8,10-12,17H,4-6,9H2,1-3H3,(H,22,23)(H,24,25,26,27)/b8-7+/t17-/m1/s1. The van der Waals surface area contributed by atoms with E-state index in [0.29, 0.717) is 18.2 Å². The van der Waals surface area contributed by atoms with Crippen molar-refractivity contribution in [3.8, 4) is 0 Å². The van der Waals surface area contributed by atoms with E-state index < -0.39 is 0 Å². The minimum atomic E-state index is -0.141. The number of aryl methyl sites for hydroxylation is 3. The smallest absolute Gasteiger partial charge is 0.247 e. The Morgan fingerprint density at radius 3 is 2.87 bits per heavy atom. The molecule has 4 heterocycles. The molecule has 1 atom stereocenters. The van der Waals surface area contributed by atoms with E-state index in [0.717, 1.165) is 41.5 Å². The van der Waals surface area contributed by atoms with Crippen LogP contribution in [0.25, 0.3) is 6.08 Å². The maximum atomic E-state index is 12.9. The van der Waals surface area contributed by atoms with Gasteiger partial charge < -0.3 is 15.2 Å². The van der Waals surface area contributed by atoms with Crippen molar-refractivity contribution in [3.05, 3.63) is 52.4 Å². The molecule has 4 rings (SSSR count). The lowest BCUT2D eigenvalue weighted by Gasteiger charge is -2.34. The maximum Gasteiger partial charge on any atom is 0.247 e. The number of imidazole rings is 1. The number of hydrogen-bond acceptors (Lipinski definition) is 7. The minimum Gasteiger partial charge on any atom is -0.345 e. The van der Waals surface area contributed by atoms with Gasteiger partial charge in [0.15, 0.2) is 11.0 Å². The van der Waals surface area contributed by atoms with Crippen molar-refractivity contribution in [2.75, 3.05) is 11.9 Å². The number of aromatic amines is 1. The summed E-state index contributed by atoms with van der Waals surface area (Å²) in [5, 5.41) is 4.11. The van der Waals surface area contributed by atoms with Gasteiger partial charge in [0.1, 0.15) is 5.82 Å². The topological polar surface area (TPSA) is 99.7 Å². The van der Waals surface area contributed by atoms with Crippen molar-refractivity contribution < 1.29 is 4.79 Å². The second-order valence-corrected chi connectivity index (χ2v) is 8.63. The van der Waals surface area contributed by atoms with Crippen molar-refractivity contribution >= 4 is 34.3 Å². The Bertz CT molecular complexity index is 1040. The number of anilines is 2. The fourth-order valence-corrected chi connectivity index (χ4v) is 4.34. The SMILES string of the molecule is Cc1cc(Nc2nc(C)c(C)s2)nc([C@H]2CCCCN2C(=O)/C=C/c2cnc[nH]2)n1. The van der Waals surface area contributed by atoms with Crippen LogP contribution in [-0.2, 0) is 4.79 Å². The number of H-pyrrole nitrogens is 1. The normalized spacial score (nSPS) is 16.9. The van der Waals surface area contributed by atoms with Gasteiger partial charge in [-0.1, -0.05) is 0 Å². The molecule has 2 N–H and O–H groups in total. The number of nitrogens with one attached hydrogen (secondary N) is 2. The lowest BCUT2D eigenvalue weighted by Crippen LogP contribution is -2.38. The Morgan fingerprint density at radius 1 is 1.27 bits per heavy atom. The van der Waals surface area contributed by atoms with Crippen molar-refractivity contribution in [2.45, 2.75) is 46.1 Å². The van der Waals surface area contributed by atoms with Gasteiger partial charge in [-0.25, -0.2) is 19.9 Å². The van der Waals surface area contributed by atoms with E-state index >= 15 is 0 Å². The van der Waals surface area contributed by atoms with Gasteiger partial charge in [0.25, 0.3) is 0 Å². The van der Waals surface area contributed by atoms with Crippen molar-refractivity contribution in [3.63, 3.8) is 0 Å². The molecule has 0 radical (unpaired) electrons. The molecule has 1 aliphatic rings. The molecule has 9 heteroatoms. The molecule has 0 bridgehead atoms. The zero-order chi connectivity index (χ0) is 21.1. The highest BCUT2D eigenvalue weighted by atomic mass is 32.1. The Kier molecular flexibility index (Phi) is 5.89. The van der Waals surface area contributed by atoms with Gasteiger partial charge in [-0.05, 0) is 46.1 Å². The third-order valence-electron chi connectivity index (χ3n) is 5.14. The first-order valence-electron chi connectivity index (χ1n) is 10.0. The molecule has 3 aromatic heterocycles. The average Bonchev–Trinajstić information content (AvgIpc) is 3.35. The number of nitrogens with zero attached hydrogens (tertiary/aromatic N) is 5. The van der Waals surface area contributed by atoms with Crippen molar-refractivity contribution in [2.24, 2.45) is 0 Å². The number of thiazole rings is 1. The summed E-state index contributed by atoms with van der Waals surface area (Å²) < 4.78 is 0. The molecule has 156 valence electrons. The van der Waals surface area contributed by atoms with Gasteiger partial charge in [-0.3, -0.25) is 4.79 Å². The Morgan fingerprint density at radius 2 is 2.13 bits per heavy atom. The molecule has 1 amide bonds. The number of carbonyl (C=O) groups is 1. The quantitative estimate of drug-likeness (QED) is 0.600. The highest BCUT2D eigenvalue weighted by molar-refractivity contribution is 7.15. The molecule has 0 aromatic carbocycles. The van der Waals surface area contributed by atoms with Crippen LogP contribution in [0.3, 0.4) is 0 Å². The van der Waals surface area contributed by atoms with Crippen molar-refractivity contribution in [1.29, 1.82) is 0 Å². The van der Waals surface area contributed by atoms with Gasteiger partial charge in [0.05, 0.1) is 30.0 Å².